The highest BCUT2D eigenvalue weighted by Crippen LogP contribution is 2.22. The van der Waals surface area contributed by atoms with Crippen LogP contribution in [-0.2, 0) is 0 Å². The third-order valence-electron chi connectivity index (χ3n) is 2.47. The van der Waals surface area contributed by atoms with Crippen LogP contribution in [0.15, 0.2) is 48.8 Å². The van der Waals surface area contributed by atoms with E-state index in [2.05, 4.69) is 19.9 Å². The molecule has 5 heteroatoms. The van der Waals surface area contributed by atoms with Gasteiger partial charge >= 0.3 is 0 Å². The summed E-state index contributed by atoms with van der Waals surface area (Å²) in [6.07, 6.45) is 3.38. The zero-order valence-electron chi connectivity index (χ0n) is 9.34. The van der Waals surface area contributed by atoms with Gasteiger partial charge in [-0.2, -0.15) is 0 Å². The maximum absolute atomic E-state index is 6.02. The summed E-state index contributed by atoms with van der Waals surface area (Å²) in [6.45, 7) is 0. The number of nitrogens with one attached hydrogen (secondary N) is 1. The van der Waals surface area contributed by atoms with Gasteiger partial charge in [-0.3, -0.25) is 0 Å². The number of hydrogen-bond acceptors (Lipinski definition) is 3. The third kappa shape index (κ3) is 2.10. The van der Waals surface area contributed by atoms with E-state index in [0.29, 0.717) is 16.8 Å². The standard InChI is InChI=1S/C13H9ClN4/c14-11-8-10(9-4-2-1-3-5-9)17-13(18-11)12-15-6-7-16-12/h1-8H,(H,15,16). The van der Waals surface area contributed by atoms with Crippen LogP contribution >= 0.6 is 11.6 Å². The van der Waals surface area contributed by atoms with Gasteiger partial charge in [-0.1, -0.05) is 41.9 Å². The van der Waals surface area contributed by atoms with E-state index in [1.54, 1.807) is 18.5 Å². The number of imidazole rings is 1. The average molecular weight is 257 g/mol. The van der Waals surface area contributed by atoms with Gasteiger partial charge in [-0.25, -0.2) is 15.0 Å². The van der Waals surface area contributed by atoms with E-state index in [1.807, 2.05) is 30.3 Å². The molecule has 0 aliphatic heterocycles. The van der Waals surface area contributed by atoms with Gasteiger partial charge in [0.2, 0.25) is 0 Å². The number of benzene rings is 1. The van der Waals surface area contributed by atoms with Crippen LogP contribution in [0.5, 0.6) is 0 Å². The summed E-state index contributed by atoms with van der Waals surface area (Å²) in [4.78, 5) is 15.7. The molecule has 3 aromatic rings. The molecule has 0 aliphatic rings. The van der Waals surface area contributed by atoms with Crippen molar-refractivity contribution < 1.29 is 0 Å². The van der Waals surface area contributed by atoms with E-state index in [1.165, 1.54) is 0 Å². The summed E-state index contributed by atoms with van der Waals surface area (Å²) in [5.41, 5.74) is 1.77. The summed E-state index contributed by atoms with van der Waals surface area (Å²) >= 11 is 6.02. The molecule has 18 heavy (non-hydrogen) atoms. The van der Waals surface area contributed by atoms with Crippen molar-refractivity contribution in [2.75, 3.05) is 0 Å². The number of rotatable bonds is 2. The van der Waals surface area contributed by atoms with Crippen LogP contribution in [0.1, 0.15) is 0 Å². The van der Waals surface area contributed by atoms with Crippen molar-refractivity contribution in [3.05, 3.63) is 53.9 Å². The molecule has 4 nitrogen and oxygen atoms in total. The second-order valence-electron chi connectivity index (χ2n) is 3.70. The first-order valence-electron chi connectivity index (χ1n) is 5.43. The molecule has 0 aliphatic carbocycles. The molecule has 2 heterocycles. The van der Waals surface area contributed by atoms with Crippen molar-refractivity contribution in [2.24, 2.45) is 0 Å². The van der Waals surface area contributed by atoms with Crippen molar-refractivity contribution >= 4 is 11.6 Å². The summed E-state index contributed by atoms with van der Waals surface area (Å²) < 4.78 is 0. The largest absolute Gasteiger partial charge is 0.342 e. The average Bonchev–Trinajstić information content (AvgIpc) is 2.93. The van der Waals surface area contributed by atoms with Crippen molar-refractivity contribution in [2.45, 2.75) is 0 Å². The zero-order valence-corrected chi connectivity index (χ0v) is 10.1. The molecule has 2 aromatic heterocycles. The lowest BCUT2D eigenvalue weighted by atomic mass is 10.1. The zero-order chi connectivity index (χ0) is 12.4. The fourth-order valence-corrected chi connectivity index (χ4v) is 1.85. The fourth-order valence-electron chi connectivity index (χ4n) is 1.67. The van der Waals surface area contributed by atoms with E-state index in [0.717, 1.165) is 11.3 Å². The first kappa shape index (κ1) is 10.9. The molecular formula is C13H9ClN4. The Kier molecular flexibility index (Phi) is 2.78. The summed E-state index contributed by atoms with van der Waals surface area (Å²) in [6, 6.07) is 11.6. The Hall–Kier alpha value is -2.20. The lowest BCUT2D eigenvalue weighted by Gasteiger charge is -2.03. The quantitative estimate of drug-likeness (QED) is 0.717. The van der Waals surface area contributed by atoms with Crippen molar-refractivity contribution in [3.8, 4) is 22.9 Å². The van der Waals surface area contributed by atoms with Crippen LogP contribution in [0.4, 0.5) is 0 Å². The maximum Gasteiger partial charge on any atom is 0.197 e. The van der Waals surface area contributed by atoms with Gasteiger partial charge in [0.05, 0.1) is 5.69 Å². The minimum Gasteiger partial charge on any atom is -0.342 e. The summed E-state index contributed by atoms with van der Waals surface area (Å²) in [7, 11) is 0. The first-order valence-corrected chi connectivity index (χ1v) is 5.80. The van der Waals surface area contributed by atoms with Crippen molar-refractivity contribution in [1.82, 2.24) is 19.9 Å². The van der Waals surface area contributed by atoms with Crippen LogP contribution in [0, 0.1) is 0 Å². The Morgan fingerprint density at radius 3 is 2.61 bits per heavy atom. The molecule has 1 aromatic carbocycles. The summed E-state index contributed by atoms with van der Waals surface area (Å²) in [5.74, 6) is 1.10. The Balaban J connectivity index is 2.12. The van der Waals surface area contributed by atoms with Gasteiger partial charge in [-0.15, -0.1) is 0 Å². The van der Waals surface area contributed by atoms with Crippen LogP contribution in [-0.4, -0.2) is 19.9 Å². The Morgan fingerprint density at radius 2 is 1.89 bits per heavy atom. The number of hydrogen-bond donors (Lipinski definition) is 1. The second-order valence-corrected chi connectivity index (χ2v) is 4.09. The number of aromatic amines is 1. The summed E-state index contributed by atoms with van der Waals surface area (Å²) in [5, 5.41) is 0.398. The fraction of sp³-hybridized carbons (Fsp3) is 0. The van der Waals surface area contributed by atoms with Gasteiger partial charge in [-0.05, 0) is 0 Å². The lowest BCUT2D eigenvalue weighted by Crippen LogP contribution is -1.94. The Labute approximate surface area is 109 Å². The van der Waals surface area contributed by atoms with Gasteiger partial charge < -0.3 is 4.98 Å². The molecule has 0 saturated heterocycles. The Morgan fingerprint density at radius 1 is 1.06 bits per heavy atom. The number of nitrogens with zero attached hydrogens (tertiary/aromatic N) is 3. The number of aromatic nitrogens is 4. The smallest absolute Gasteiger partial charge is 0.197 e. The molecule has 0 bridgehead atoms. The second kappa shape index (κ2) is 4.58. The molecule has 3 rings (SSSR count). The van der Waals surface area contributed by atoms with E-state index in [-0.39, 0.29) is 0 Å². The molecular weight excluding hydrogens is 248 g/mol. The molecule has 0 amide bonds. The molecule has 0 unspecified atom stereocenters. The van der Waals surface area contributed by atoms with E-state index in [9.17, 15) is 0 Å². The van der Waals surface area contributed by atoms with Crippen molar-refractivity contribution in [1.29, 1.82) is 0 Å². The SMILES string of the molecule is Clc1cc(-c2ccccc2)nc(-c2ncc[nH]2)n1. The molecule has 0 atom stereocenters. The van der Waals surface area contributed by atoms with Crippen LogP contribution in [0.2, 0.25) is 5.15 Å². The monoisotopic (exact) mass is 256 g/mol. The van der Waals surface area contributed by atoms with Crippen LogP contribution in [0.3, 0.4) is 0 Å². The number of H-pyrrole nitrogens is 1. The van der Waals surface area contributed by atoms with Gasteiger partial charge in [0.25, 0.3) is 0 Å². The normalized spacial score (nSPS) is 10.5. The maximum atomic E-state index is 6.02. The Bertz CT molecular complexity index is 650. The van der Waals surface area contributed by atoms with Gasteiger partial charge in [0.15, 0.2) is 11.6 Å². The van der Waals surface area contributed by atoms with E-state index < -0.39 is 0 Å². The third-order valence-corrected chi connectivity index (χ3v) is 2.67. The highest BCUT2D eigenvalue weighted by atomic mass is 35.5. The molecule has 0 radical (unpaired) electrons. The first-order chi connectivity index (χ1) is 8.83. The highest BCUT2D eigenvalue weighted by Gasteiger charge is 2.08. The predicted molar refractivity (Wildman–Crippen MR) is 70.1 cm³/mol. The van der Waals surface area contributed by atoms with Crippen LogP contribution in [0.25, 0.3) is 22.9 Å². The highest BCUT2D eigenvalue weighted by molar-refractivity contribution is 6.29. The molecule has 88 valence electrons. The predicted octanol–water partition coefficient (Wildman–Crippen LogP) is 3.19. The molecule has 1 N–H and O–H groups in total. The van der Waals surface area contributed by atoms with Crippen LogP contribution < -0.4 is 0 Å². The minimum atomic E-state index is 0.398. The molecule has 0 saturated carbocycles. The van der Waals surface area contributed by atoms with Gasteiger partial charge in [0.1, 0.15) is 5.15 Å². The van der Waals surface area contributed by atoms with Crippen molar-refractivity contribution in [3.63, 3.8) is 0 Å². The topological polar surface area (TPSA) is 54.5 Å². The molecule has 0 fully saturated rings. The minimum absolute atomic E-state index is 0.398. The van der Waals surface area contributed by atoms with E-state index in [4.69, 9.17) is 11.6 Å². The lowest BCUT2D eigenvalue weighted by molar-refractivity contribution is 1.12. The van der Waals surface area contributed by atoms with E-state index >= 15 is 0 Å². The number of halogens is 1. The van der Waals surface area contributed by atoms with Gasteiger partial charge in [0, 0.05) is 24.0 Å². The molecule has 0 spiro atoms.